The van der Waals surface area contributed by atoms with Gasteiger partial charge < -0.3 is 25.2 Å². The molecule has 3 amide bonds. The molecule has 1 aromatic rings. The van der Waals surface area contributed by atoms with Gasteiger partial charge in [0.15, 0.2) is 11.5 Å². The first-order chi connectivity index (χ1) is 12.5. The zero-order valence-corrected chi connectivity index (χ0v) is 14.2. The molecule has 1 aliphatic heterocycles. The number of amides is 3. The second-order valence-electron chi connectivity index (χ2n) is 5.35. The van der Waals surface area contributed by atoms with Crippen molar-refractivity contribution >= 4 is 29.1 Å². The summed E-state index contributed by atoms with van der Waals surface area (Å²) in [5.41, 5.74) is 2.89. The number of ether oxygens (including phenoxy) is 2. The van der Waals surface area contributed by atoms with Crippen LogP contribution in [-0.4, -0.2) is 54.9 Å². The Labute approximate surface area is 149 Å². The number of hydrazone groups is 1. The second-order valence-corrected chi connectivity index (χ2v) is 5.35. The van der Waals surface area contributed by atoms with Crippen molar-refractivity contribution in [3.05, 3.63) is 18.2 Å². The number of hydrogen-bond acceptors (Lipinski definition) is 7. The topological polar surface area (TPSA) is 138 Å². The van der Waals surface area contributed by atoms with Crippen LogP contribution in [0.1, 0.15) is 13.3 Å². The van der Waals surface area contributed by atoms with E-state index in [2.05, 4.69) is 15.7 Å². The van der Waals surface area contributed by atoms with Gasteiger partial charge in [0, 0.05) is 24.0 Å². The monoisotopic (exact) mass is 364 g/mol. The maximum atomic E-state index is 12.0. The summed E-state index contributed by atoms with van der Waals surface area (Å²) >= 11 is 0. The SMILES string of the molecule is C/C(CC(=O)Nc1ccc2c(c1)OCCO2)=N/NC(=O)C(=O)NCCO. The van der Waals surface area contributed by atoms with Gasteiger partial charge in [-0.1, -0.05) is 0 Å². The molecule has 0 saturated heterocycles. The molecule has 26 heavy (non-hydrogen) atoms. The number of benzene rings is 1. The van der Waals surface area contributed by atoms with E-state index >= 15 is 0 Å². The zero-order valence-electron chi connectivity index (χ0n) is 14.2. The first-order valence-corrected chi connectivity index (χ1v) is 7.91. The molecule has 0 fully saturated rings. The summed E-state index contributed by atoms with van der Waals surface area (Å²) in [5, 5.41) is 17.1. The Bertz CT molecular complexity index is 719. The van der Waals surface area contributed by atoms with Gasteiger partial charge in [-0.15, -0.1) is 0 Å². The summed E-state index contributed by atoms with van der Waals surface area (Å²) in [5.74, 6) is -1.07. The van der Waals surface area contributed by atoms with Crippen LogP contribution in [0.4, 0.5) is 5.69 Å². The lowest BCUT2D eigenvalue weighted by Crippen LogP contribution is -2.39. The van der Waals surface area contributed by atoms with Crippen molar-refractivity contribution in [1.82, 2.24) is 10.7 Å². The maximum Gasteiger partial charge on any atom is 0.329 e. The number of fused-ring (bicyclic) bond motifs is 1. The van der Waals surface area contributed by atoms with Crippen molar-refractivity contribution < 1.29 is 29.0 Å². The van der Waals surface area contributed by atoms with E-state index in [1.54, 1.807) is 18.2 Å². The van der Waals surface area contributed by atoms with Crippen LogP contribution in [-0.2, 0) is 14.4 Å². The van der Waals surface area contributed by atoms with E-state index in [1.165, 1.54) is 6.92 Å². The summed E-state index contributed by atoms with van der Waals surface area (Å²) in [6.07, 6.45) is -0.0764. The van der Waals surface area contributed by atoms with Gasteiger partial charge in [0.05, 0.1) is 13.0 Å². The van der Waals surface area contributed by atoms with Gasteiger partial charge in [-0.05, 0) is 19.1 Å². The first kappa shape index (κ1) is 19.2. The summed E-state index contributed by atoms with van der Waals surface area (Å²) in [7, 11) is 0. The van der Waals surface area contributed by atoms with Crippen LogP contribution in [0.5, 0.6) is 11.5 Å². The molecule has 0 bridgehead atoms. The molecule has 0 atom stereocenters. The van der Waals surface area contributed by atoms with Crippen LogP contribution < -0.4 is 25.5 Å². The van der Waals surface area contributed by atoms with E-state index in [9.17, 15) is 14.4 Å². The highest BCUT2D eigenvalue weighted by Gasteiger charge is 2.14. The molecule has 0 aliphatic carbocycles. The predicted octanol–water partition coefficient (Wildman–Crippen LogP) is -0.613. The number of hydrogen-bond donors (Lipinski definition) is 4. The van der Waals surface area contributed by atoms with Crippen LogP contribution in [0.25, 0.3) is 0 Å². The van der Waals surface area contributed by atoms with Gasteiger partial charge in [0.25, 0.3) is 0 Å². The van der Waals surface area contributed by atoms with Crippen molar-refractivity contribution in [2.45, 2.75) is 13.3 Å². The quantitative estimate of drug-likeness (QED) is 0.302. The number of anilines is 1. The van der Waals surface area contributed by atoms with Crippen LogP contribution in [0.2, 0.25) is 0 Å². The van der Waals surface area contributed by atoms with Crippen LogP contribution in [0.15, 0.2) is 23.3 Å². The van der Waals surface area contributed by atoms with Gasteiger partial charge >= 0.3 is 11.8 Å². The fourth-order valence-electron chi connectivity index (χ4n) is 2.04. The number of aliphatic hydroxyl groups excluding tert-OH is 1. The number of carbonyl (C=O) groups excluding carboxylic acids is 3. The first-order valence-electron chi connectivity index (χ1n) is 7.91. The summed E-state index contributed by atoms with van der Waals surface area (Å²) in [6, 6.07) is 5.05. The predicted molar refractivity (Wildman–Crippen MR) is 92.0 cm³/mol. The van der Waals surface area contributed by atoms with Crippen molar-refractivity contribution in [3.8, 4) is 11.5 Å². The molecule has 2 rings (SSSR count). The number of aliphatic hydroxyl groups is 1. The summed E-state index contributed by atoms with van der Waals surface area (Å²) < 4.78 is 10.8. The third-order valence-electron chi connectivity index (χ3n) is 3.19. The van der Waals surface area contributed by atoms with Gasteiger partial charge in [0.2, 0.25) is 5.91 Å². The molecule has 0 unspecified atom stereocenters. The van der Waals surface area contributed by atoms with E-state index in [-0.39, 0.29) is 25.5 Å². The van der Waals surface area contributed by atoms with E-state index in [1.807, 2.05) is 5.43 Å². The van der Waals surface area contributed by atoms with Crippen molar-refractivity contribution in [2.24, 2.45) is 5.10 Å². The second kappa shape index (κ2) is 9.37. The highest BCUT2D eigenvalue weighted by Crippen LogP contribution is 2.32. The van der Waals surface area contributed by atoms with E-state index in [0.29, 0.717) is 36.1 Å². The minimum Gasteiger partial charge on any atom is -0.486 e. The molecule has 1 heterocycles. The Balaban J connectivity index is 1.83. The van der Waals surface area contributed by atoms with E-state index in [4.69, 9.17) is 14.6 Å². The third kappa shape index (κ3) is 5.74. The van der Waals surface area contributed by atoms with Gasteiger partial charge in [-0.2, -0.15) is 5.10 Å². The average molecular weight is 364 g/mol. The van der Waals surface area contributed by atoms with Crippen molar-refractivity contribution in [1.29, 1.82) is 0 Å². The molecule has 10 heteroatoms. The Morgan fingerprint density at radius 3 is 2.62 bits per heavy atom. The molecule has 10 nitrogen and oxygen atoms in total. The minimum absolute atomic E-state index is 0.0348. The lowest BCUT2D eigenvalue weighted by Gasteiger charge is -2.19. The molecule has 1 aliphatic rings. The maximum absolute atomic E-state index is 12.0. The molecular formula is C16H20N4O6. The standard InChI is InChI=1S/C16H20N4O6/c1-10(19-20-16(24)15(23)17-4-5-21)8-14(22)18-11-2-3-12-13(9-11)26-7-6-25-12/h2-3,9,21H,4-8H2,1H3,(H,17,23)(H,18,22)(H,20,24)/b19-10-. The van der Waals surface area contributed by atoms with E-state index < -0.39 is 11.8 Å². The van der Waals surface area contributed by atoms with Gasteiger partial charge in [0.1, 0.15) is 13.2 Å². The van der Waals surface area contributed by atoms with Crippen LogP contribution >= 0.6 is 0 Å². The van der Waals surface area contributed by atoms with Gasteiger partial charge in [-0.25, -0.2) is 5.43 Å². The lowest BCUT2D eigenvalue weighted by atomic mass is 10.2. The molecule has 140 valence electrons. The lowest BCUT2D eigenvalue weighted by molar-refractivity contribution is -0.139. The largest absolute Gasteiger partial charge is 0.486 e. The normalized spacial score (nSPS) is 12.9. The van der Waals surface area contributed by atoms with Gasteiger partial charge in [-0.3, -0.25) is 14.4 Å². The minimum atomic E-state index is -0.981. The third-order valence-corrected chi connectivity index (χ3v) is 3.19. The van der Waals surface area contributed by atoms with Crippen LogP contribution in [0.3, 0.4) is 0 Å². The Morgan fingerprint density at radius 1 is 1.15 bits per heavy atom. The van der Waals surface area contributed by atoms with Crippen LogP contribution in [0, 0.1) is 0 Å². The molecule has 4 N–H and O–H groups in total. The summed E-state index contributed by atoms with van der Waals surface area (Å²) in [6.45, 7) is 2.16. The summed E-state index contributed by atoms with van der Waals surface area (Å²) in [4.78, 5) is 34.7. The average Bonchev–Trinajstić information content (AvgIpc) is 2.63. The molecular weight excluding hydrogens is 344 g/mol. The van der Waals surface area contributed by atoms with Crippen molar-refractivity contribution in [3.63, 3.8) is 0 Å². The highest BCUT2D eigenvalue weighted by molar-refractivity contribution is 6.35. The number of nitrogens with zero attached hydrogens (tertiary/aromatic N) is 1. The van der Waals surface area contributed by atoms with Crippen molar-refractivity contribution in [2.75, 3.05) is 31.7 Å². The molecule has 0 radical (unpaired) electrons. The number of nitrogens with one attached hydrogen (secondary N) is 3. The molecule has 0 saturated carbocycles. The number of rotatable bonds is 6. The Hall–Kier alpha value is -3.14. The zero-order chi connectivity index (χ0) is 18.9. The molecule has 0 spiro atoms. The smallest absolute Gasteiger partial charge is 0.329 e. The fraction of sp³-hybridized carbons (Fsp3) is 0.375. The molecule has 0 aromatic heterocycles. The Kier molecular flexibility index (Phi) is 6.92. The highest BCUT2D eigenvalue weighted by atomic mass is 16.6. The Morgan fingerprint density at radius 2 is 1.88 bits per heavy atom. The van der Waals surface area contributed by atoms with E-state index in [0.717, 1.165) is 0 Å². The number of carbonyl (C=O) groups is 3. The fourth-order valence-corrected chi connectivity index (χ4v) is 2.04. The molecule has 1 aromatic carbocycles.